The van der Waals surface area contributed by atoms with E-state index in [1.54, 1.807) is 13.8 Å². The highest BCUT2D eigenvalue weighted by Gasteiger charge is 2.49. The summed E-state index contributed by atoms with van der Waals surface area (Å²) in [4.78, 5) is 16.6. The lowest BCUT2D eigenvalue weighted by molar-refractivity contribution is -0.149. The normalized spacial score (nSPS) is 22.2. The molecule has 1 N–H and O–H groups in total. The molecule has 2 aliphatic rings. The molecular weight excluding hydrogens is 311 g/mol. The van der Waals surface area contributed by atoms with Crippen molar-refractivity contribution in [2.45, 2.75) is 32.5 Å². The van der Waals surface area contributed by atoms with Gasteiger partial charge in [0.2, 0.25) is 0 Å². The molecule has 6 heteroatoms. The van der Waals surface area contributed by atoms with E-state index in [1.165, 1.54) is 24.3 Å². The van der Waals surface area contributed by atoms with Crippen molar-refractivity contribution >= 4 is 5.91 Å². The number of aliphatic hydroxyl groups is 1. The Labute approximate surface area is 142 Å². The fourth-order valence-electron chi connectivity index (χ4n) is 3.76. The topological polar surface area (TPSA) is 53.0 Å². The van der Waals surface area contributed by atoms with E-state index in [-0.39, 0.29) is 23.2 Å². The molecule has 1 aromatic rings. The first-order valence-corrected chi connectivity index (χ1v) is 8.48. The second-order valence-corrected chi connectivity index (χ2v) is 7.24. The van der Waals surface area contributed by atoms with Crippen molar-refractivity contribution in [3.8, 4) is 5.75 Å². The maximum atomic E-state index is 12.9. The van der Waals surface area contributed by atoms with Crippen LogP contribution in [0.4, 0.5) is 4.39 Å². The fraction of sp³-hybridized carbons (Fsp3) is 0.611. The summed E-state index contributed by atoms with van der Waals surface area (Å²) in [6.45, 7) is 7.64. The summed E-state index contributed by atoms with van der Waals surface area (Å²) >= 11 is 0. The van der Waals surface area contributed by atoms with E-state index in [4.69, 9.17) is 4.74 Å². The number of carbonyl (C=O) groups excluding carboxylic acids is 1. The third-order valence-corrected chi connectivity index (χ3v) is 4.88. The molecule has 1 aromatic carbocycles. The maximum Gasteiger partial charge on any atom is 0.263 e. The smallest absolute Gasteiger partial charge is 0.263 e. The molecule has 3 rings (SSSR count). The molecule has 0 saturated carbocycles. The van der Waals surface area contributed by atoms with Crippen LogP contribution in [0, 0.1) is 11.2 Å². The average molecular weight is 336 g/mol. The Hall–Kier alpha value is -1.66. The first kappa shape index (κ1) is 17.2. The Morgan fingerprint density at radius 3 is 2.58 bits per heavy atom. The van der Waals surface area contributed by atoms with Gasteiger partial charge in [-0.25, -0.2) is 4.39 Å². The molecular formula is C18H25FN2O3. The molecule has 1 spiro atoms. The monoisotopic (exact) mass is 336 g/mol. The largest absolute Gasteiger partial charge is 0.481 e. The van der Waals surface area contributed by atoms with E-state index in [0.717, 1.165) is 32.6 Å². The number of hydrogen-bond acceptors (Lipinski definition) is 4. The predicted molar refractivity (Wildman–Crippen MR) is 88.2 cm³/mol. The van der Waals surface area contributed by atoms with Gasteiger partial charge in [0.15, 0.2) is 6.10 Å². The number of aliphatic hydroxyl groups excluding tert-OH is 1. The minimum atomic E-state index is -0.581. The third kappa shape index (κ3) is 3.70. The molecule has 132 valence electrons. The molecule has 1 amide bonds. The average Bonchev–Trinajstić information content (AvgIpc) is 2.90. The molecule has 2 saturated heterocycles. The number of halogens is 1. The van der Waals surface area contributed by atoms with E-state index in [2.05, 4.69) is 4.90 Å². The van der Waals surface area contributed by atoms with Crippen molar-refractivity contribution in [2.24, 2.45) is 5.41 Å². The quantitative estimate of drug-likeness (QED) is 0.886. The predicted octanol–water partition coefficient (Wildman–Crippen LogP) is 1.51. The van der Waals surface area contributed by atoms with Crippen LogP contribution in [-0.4, -0.2) is 65.7 Å². The minimum Gasteiger partial charge on any atom is -0.481 e. The van der Waals surface area contributed by atoms with Gasteiger partial charge in [-0.05, 0) is 51.1 Å². The van der Waals surface area contributed by atoms with Gasteiger partial charge in [0, 0.05) is 31.6 Å². The molecule has 0 aliphatic carbocycles. The second-order valence-electron chi connectivity index (χ2n) is 7.24. The number of carbonyl (C=O) groups is 1. The van der Waals surface area contributed by atoms with E-state index < -0.39 is 6.10 Å². The van der Waals surface area contributed by atoms with Gasteiger partial charge < -0.3 is 19.6 Å². The zero-order valence-electron chi connectivity index (χ0n) is 14.2. The molecule has 5 nitrogen and oxygen atoms in total. The summed E-state index contributed by atoms with van der Waals surface area (Å²) in [5.41, 5.74) is 0.181. The molecule has 2 heterocycles. The van der Waals surface area contributed by atoms with E-state index >= 15 is 0 Å². The number of nitrogens with zero attached hydrogens (tertiary/aromatic N) is 2. The van der Waals surface area contributed by atoms with Crippen LogP contribution in [0.5, 0.6) is 5.75 Å². The van der Waals surface area contributed by atoms with Crippen LogP contribution in [-0.2, 0) is 4.79 Å². The lowest BCUT2D eigenvalue weighted by Gasteiger charge is -2.48. The van der Waals surface area contributed by atoms with Gasteiger partial charge in [0.1, 0.15) is 11.6 Å². The van der Waals surface area contributed by atoms with E-state index in [0.29, 0.717) is 12.3 Å². The van der Waals surface area contributed by atoms with Crippen LogP contribution in [0.3, 0.4) is 0 Å². The maximum absolute atomic E-state index is 12.9. The summed E-state index contributed by atoms with van der Waals surface area (Å²) in [6.07, 6.45) is 0.168. The summed E-state index contributed by atoms with van der Waals surface area (Å²) in [5.74, 6) is 0.143. The molecule has 2 fully saturated rings. The van der Waals surface area contributed by atoms with Crippen LogP contribution in [0.1, 0.15) is 20.3 Å². The van der Waals surface area contributed by atoms with Crippen molar-refractivity contribution in [1.29, 1.82) is 0 Å². The molecule has 0 bridgehead atoms. The van der Waals surface area contributed by atoms with Crippen molar-refractivity contribution in [3.05, 3.63) is 30.1 Å². The molecule has 24 heavy (non-hydrogen) atoms. The number of ether oxygens (including phenoxy) is 1. The lowest BCUT2D eigenvalue weighted by Crippen LogP contribution is -2.61. The highest BCUT2D eigenvalue weighted by atomic mass is 19.1. The standard InChI is InChI=1S/C18H25FN2O3/c1-13(22)9-20-8-7-18(10-20)11-21(12-18)17(23)14(2)24-16-5-3-15(19)4-6-16/h3-6,13-14,22H,7-12H2,1-2H3. The van der Waals surface area contributed by atoms with Crippen LogP contribution < -0.4 is 4.74 Å². The zero-order valence-corrected chi connectivity index (χ0v) is 14.2. The van der Waals surface area contributed by atoms with Gasteiger partial charge in [-0.1, -0.05) is 0 Å². The Kier molecular flexibility index (Phi) is 4.78. The number of likely N-dealkylation sites (tertiary alicyclic amines) is 2. The Balaban J connectivity index is 1.48. The van der Waals surface area contributed by atoms with Crippen molar-refractivity contribution < 1.29 is 19.0 Å². The van der Waals surface area contributed by atoms with Gasteiger partial charge >= 0.3 is 0 Å². The van der Waals surface area contributed by atoms with Crippen LogP contribution >= 0.6 is 0 Å². The zero-order chi connectivity index (χ0) is 17.3. The molecule has 2 unspecified atom stereocenters. The van der Waals surface area contributed by atoms with Gasteiger partial charge in [-0.15, -0.1) is 0 Å². The highest BCUT2D eigenvalue weighted by Crippen LogP contribution is 2.39. The summed E-state index contributed by atoms with van der Waals surface area (Å²) in [7, 11) is 0. The van der Waals surface area contributed by atoms with E-state index in [9.17, 15) is 14.3 Å². The van der Waals surface area contributed by atoms with Crippen LogP contribution in [0.2, 0.25) is 0 Å². The molecule has 2 atom stereocenters. The fourth-order valence-corrected chi connectivity index (χ4v) is 3.76. The first-order chi connectivity index (χ1) is 11.4. The summed E-state index contributed by atoms with van der Waals surface area (Å²) < 4.78 is 18.5. The number of hydrogen-bond donors (Lipinski definition) is 1. The minimum absolute atomic E-state index is 0.0288. The summed E-state index contributed by atoms with van der Waals surface area (Å²) in [5, 5.41) is 9.50. The SMILES string of the molecule is CC(O)CN1CCC2(C1)CN(C(=O)C(C)Oc1ccc(F)cc1)C2. The Morgan fingerprint density at radius 2 is 1.96 bits per heavy atom. The summed E-state index contributed by atoms with van der Waals surface area (Å²) in [6, 6.07) is 5.70. The number of amides is 1. The van der Waals surface area contributed by atoms with Crippen LogP contribution in [0.25, 0.3) is 0 Å². The van der Waals surface area contributed by atoms with E-state index in [1.807, 2.05) is 4.90 Å². The number of benzene rings is 1. The number of β-amino-alcohol motifs (C(OH)–C–C–N with tert-alkyl or cyclic N) is 1. The van der Waals surface area contributed by atoms with Gasteiger partial charge in [0.05, 0.1) is 6.10 Å². The Morgan fingerprint density at radius 1 is 1.29 bits per heavy atom. The first-order valence-electron chi connectivity index (χ1n) is 8.48. The van der Waals surface area contributed by atoms with Gasteiger partial charge in [0.25, 0.3) is 5.91 Å². The van der Waals surface area contributed by atoms with Crippen molar-refractivity contribution in [2.75, 3.05) is 32.7 Å². The molecule has 0 aromatic heterocycles. The van der Waals surface area contributed by atoms with Crippen LogP contribution in [0.15, 0.2) is 24.3 Å². The Bertz CT molecular complexity index is 584. The second kappa shape index (κ2) is 6.69. The number of rotatable bonds is 5. The van der Waals surface area contributed by atoms with Crippen molar-refractivity contribution in [3.63, 3.8) is 0 Å². The third-order valence-electron chi connectivity index (χ3n) is 4.88. The highest BCUT2D eigenvalue weighted by molar-refractivity contribution is 5.81. The van der Waals surface area contributed by atoms with Gasteiger partial charge in [-0.2, -0.15) is 0 Å². The molecule has 2 aliphatic heterocycles. The lowest BCUT2D eigenvalue weighted by atomic mass is 9.79. The van der Waals surface area contributed by atoms with Gasteiger partial charge in [-0.3, -0.25) is 4.79 Å². The van der Waals surface area contributed by atoms with Crippen molar-refractivity contribution in [1.82, 2.24) is 9.80 Å². The molecule has 0 radical (unpaired) electrons.